The maximum absolute atomic E-state index is 12.3. The fourth-order valence-electron chi connectivity index (χ4n) is 2.97. The predicted molar refractivity (Wildman–Crippen MR) is 102 cm³/mol. The number of carbonyl (C=O) groups excluding carboxylic acids is 2. The molecule has 0 spiro atoms. The molecule has 1 fully saturated rings. The van der Waals surface area contributed by atoms with E-state index >= 15 is 0 Å². The van der Waals surface area contributed by atoms with Crippen LogP contribution in [0.15, 0.2) is 36.0 Å². The van der Waals surface area contributed by atoms with Crippen LogP contribution in [0.3, 0.4) is 0 Å². The highest BCUT2D eigenvalue weighted by atomic mass is 16.6. The Morgan fingerprint density at radius 1 is 1.12 bits per heavy atom. The van der Waals surface area contributed by atoms with Crippen molar-refractivity contribution in [1.82, 2.24) is 4.90 Å². The molecular formula is C21H31NO3. The van der Waals surface area contributed by atoms with Gasteiger partial charge in [0.2, 0.25) is 0 Å². The molecule has 1 aliphatic carbocycles. The molecule has 4 nitrogen and oxygen atoms in total. The fraction of sp³-hybridized carbons (Fsp3) is 0.524. The summed E-state index contributed by atoms with van der Waals surface area (Å²) in [5, 5.41) is 0. The van der Waals surface area contributed by atoms with E-state index in [9.17, 15) is 9.59 Å². The summed E-state index contributed by atoms with van der Waals surface area (Å²) in [6.45, 7) is 14.1. The summed E-state index contributed by atoms with van der Waals surface area (Å²) in [5.41, 5.74) is 2.00. The minimum Gasteiger partial charge on any atom is -0.443 e. The van der Waals surface area contributed by atoms with Crippen molar-refractivity contribution in [1.29, 1.82) is 0 Å². The second-order valence-corrected chi connectivity index (χ2v) is 6.49. The van der Waals surface area contributed by atoms with Gasteiger partial charge in [-0.1, -0.05) is 52.0 Å². The number of ether oxygens (including phenoxy) is 1. The van der Waals surface area contributed by atoms with Crippen LogP contribution in [0.5, 0.6) is 0 Å². The van der Waals surface area contributed by atoms with E-state index in [0.717, 1.165) is 23.2 Å². The molecule has 1 saturated heterocycles. The quantitative estimate of drug-likeness (QED) is 0.620. The van der Waals surface area contributed by atoms with Gasteiger partial charge in [-0.2, -0.15) is 0 Å². The van der Waals surface area contributed by atoms with Crippen LogP contribution in [-0.2, 0) is 4.74 Å². The van der Waals surface area contributed by atoms with E-state index < -0.39 is 5.60 Å². The van der Waals surface area contributed by atoms with Gasteiger partial charge in [0.05, 0.1) is 0 Å². The highest BCUT2D eigenvalue weighted by Crippen LogP contribution is 2.41. The number of hydrogen-bond acceptors (Lipinski definition) is 3. The van der Waals surface area contributed by atoms with E-state index in [4.69, 9.17) is 4.74 Å². The van der Waals surface area contributed by atoms with Gasteiger partial charge in [-0.3, -0.25) is 9.69 Å². The molecule has 1 aliphatic heterocycles. The Kier molecular flexibility index (Phi) is 7.40. The third-order valence-electron chi connectivity index (χ3n) is 3.80. The first-order chi connectivity index (χ1) is 11.9. The number of nitrogens with zero attached hydrogens (tertiary/aromatic N) is 1. The number of likely N-dealkylation sites (tertiary alicyclic amines) is 1. The van der Waals surface area contributed by atoms with E-state index in [1.807, 2.05) is 72.7 Å². The van der Waals surface area contributed by atoms with Crippen molar-refractivity contribution >= 4 is 11.9 Å². The normalized spacial score (nSPS) is 17.9. The van der Waals surface area contributed by atoms with E-state index in [2.05, 4.69) is 0 Å². The zero-order valence-corrected chi connectivity index (χ0v) is 16.6. The third-order valence-corrected chi connectivity index (χ3v) is 3.80. The van der Waals surface area contributed by atoms with Crippen LogP contribution in [0.2, 0.25) is 0 Å². The zero-order valence-electron chi connectivity index (χ0n) is 16.6. The number of fused-ring (bicyclic) bond motifs is 3. The second kappa shape index (κ2) is 8.84. The summed E-state index contributed by atoms with van der Waals surface area (Å²) in [4.78, 5) is 26.1. The average molecular weight is 345 g/mol. The molecule has 1 aromatic rings. The summed E-state index contributed by atoms with van der Waals surface area (Å²) < 4.78 is 5.43. The summed E-state index contributed by atoms with van der Waals surface area (Å²) in [7, 11) is 0. The van der Waals surface area contributed by atoms with Crippen LogP contribution in [0.25, 0.3) is 0 Å². The van der Waals surface area contributed by atoms with Crippen LogP contribution in [0, 0.1) is 0 Å². The lowest BCUT2D eigenvalue weighted by atomic mass is 9.85. The molecule has 4 heteroatoms. The molecule has 138 valence electrons. The van der Waals surface area contributed by atoms with Crippen LogP contribution in [0.1, 0.15) is 76.7 Å². The van der Waals surface area contributed by atoms with Gasteiger partial charge in [-0.15, -0.1) is 0 Å². The Balaban J connectivity index is 0.000000730. The summed E-state index contributed by atoms with van der Waals surface area (Å²) >= 11 is 0. The lowest BCUT2D eigenvalue weighted by molar-refractivity contribution is 0.0337. The van der Waals surface area contributed by atoms with E-state index in [1.165, 1.54) is 0 Å². The maximum Gasteiger partial charge on any atom is 0.414 e. The monoisotopic (exact) mass is 345 g/mol. The van der Waals surface area contributed by atoms with Crippen molar-refractivity contribution in [2.45, 2.75) is 66.4 Å². The van der Waals surface area contributed by atoms with Gasteiger partial charge in [0.15, 0.2) is 5.78 Å². The first kappa shape index (κ1) is 20.9. The molecule has 0 bridgehead atoms. The molecule has 25 heavy (non-hydrogen) atoms. The van der Waals surface area contributed by atoms with Gasteiger partial charge in [0, 0.05) is 29.8 Å². The lowest BCUT2D eigenvalue weighted by Gasteiger charge is -2.27. The smallest absolute Gasteiger partial charge is 0.414 e. The largest absolute Gasteiger partial charge is 0.443 e. The van der Waals surface area contributed by atoms with Gasteiger partial charge in [0.1, 0.15) is 5.60 Å². The Hall–Kier alpha value is -2.10. The van der Waals surface area contributed by atoms with Crippen LogP contribution >= 0.6 is 0 Å². The molecule has 1 amide bonds. The Bertz CT molecular complexity index is 641. The molecule has 2 aliphatic rings. The molecule has 1 atom stereocenters. The first-order valence-corrected chi connectivity index (χ1v) is 9.22. The summed E-state index contributed by atoms with van der Waals surface area (Å²) in [6.07, 6.45) is 2.04. The molecule has 0 radical (unpaired) electrons. The highest BCUT2D eigenvalue weighted by Gasteiger charge is 2.39. The average Bonchev–Trinajstić information content (AvgIpc) is 3.01. The van der Waals surface area contributed by atoms with Gasteiger partial charge in [-0.25, -0.2) is 4.79 Å². The molecule has 0 saturated carbocycles. The Morgan fingerprint density at radius 3 is 2.32 bits per heavy atom. The molecule has 1 aromatic carbocycles. The maximum atomic E-state index is 12.3. The SMILES string of the molecule is CC.CC.CC(C)(C)OC(=O)N1CCC2C1=CC(=O)c1ccccc12. The Morgan fingerprint density at radius 2 is 1.72 bits per heavy atom. The minimum absolute atomic E-state index is 0.0349. The van der Waals surface area contributed by atoms with Crippen molar-refractivity contribution in [2.75, 3.05) is 6.54 Å². The number of hydrogen-bond donors (Lipinski definition) is 0. The summed E-state index contributed by atoms with van der Waals surface area (Å²) in [6, 6.07) is 7.63. The van der Waals surface area contributed by atoms with Crippen LogP contribution < -0.4 is 0 Å². The number of rotatable bonds is 0. The zero-order chi connectivity index (χ0) is 19.2. The molecule has 3 rings (SSSR count). The number of allylic oxidation sites excluding steroid dienone is 2. The Labute approximate surface area is 151 Å². The van der Waals surface area contributed by atoms with Gasteiger partial charge in [0.25, 0.3) is 0 Å². The standard InChI is InChI=1S/C17H19NO3.2C2H6/c1-17(2,3)21-16(20)18-9-8-12-11-6-4-5-7-13(11)15(19)10-14(12)18;2*1-2/h4-7,10,12H,8-9H2,1-3H3;2*1-2H3. The van der Waals surface area contributed by atoms with Crippen molar-refractivity contribution in [3.05, 3.63) is 47.2 Å². The van der Waals surface area contributed by atoms with Gasteiger partial charge in [-0.05, 0) is 32.8 Å². The third kappa shape index (κ3) is 4.71. The molecule has 1 heterocycles. The first-order valence-electron chi connectivity index (χ1n) is 9.22. The van der Waals surface area contributed by atoms with Crippen molar-refractivity contribution in [3.8, 4) is 0 Å². The second-order valence-electron chi connectivity index (χ2n) is 6.49. The van der Waals surface area contributed by atoms with Crippen LogP contribution in [0.4, 0.5) is 4.79 Å². The predicted octanol–water partition coefficient (Wildman–Crippen LogP) is 5.54. The molecule has 0 aromatic heterocycles. The van der Waals surface area contributed by atoms with Gasteiger partial charge < -0.3 is 4.74 Å². The highest BCUT2D eigenvalue weighted by molar-refractivity contribution is 6.08. The number of amides is 1. The van der Waals surface area contributed by atoms with Crippen molar-refractivity contribution in [2.24, 2.45) is 0 Å². The molecular weight excluding hydrogens is 314 g/mol. The lowest BCUT2D eigenvalue weighted by Crippen LogP contribution is -2.35. The number of benzene rings is 1. The van der Waals surface area contributed by atoms with Crippen molar-refractivity contribution < 1.29 is 14.3 Å². The van der Waals surface area contributed by atoms with Gasteiger partial charge >= 0.3 is 6.09 Å². The minimum atomic E-state index is -0.535. The molecule has 1 unspecified atom stereocenters. The van der Waals surface area contributed by atoms with E-state index in [1.54, 1.807) is 11.0 Å². The number of ketones is 1. The number of carbonyl (C=O) groups is 2. The summed E-state index contributed by atoms with van der Waals surface area (Å²) in [5.74, 6) is 0.0822. The van der Waals surface area contributed by atoms with Crippen molar-refractivity contribution in [3.63, 3.8) is 0 Å². The van der Waals surface area contributed by atoms with E-state index in [0.29, 0.717) is 6.54 Å². The molecule has 0 N–H and O–H groups in total. The van der Waals surface area contributed by atoms with Crippen LogP contribution in [-0.4, -0.2) is 28.9 Å². The fourth-order valence-corrected chi connectivity index (χ4v) is 2.97. The van der Waals surface area contributed by atoms with E-state index in [-0.39, 0.29) is 17.8 Å². The topological polar surface area (TPSA) is 46.6 Å².